The molecule has 0 saturated carbocycles. The van der Waals surface area contributed by atoms with Gasteiger partial charge in [-0.25, -0.2) is 0 Å². The number of para-hydroxylation sites is 1. The van der Waals surface area contributed by atoms with Crippen molar-refractivity contribution in [3.05, 3.63) is 65.4 Å². The quantitative estimate of drug-likeness (QED) is 0.602. The smallest absolute Gasteiger partial charge is 0.257 e. The Kier molecular flexibility index (Phi) is 6.41. The number of rotatable bonds is 7. The molecule has 0 unspecified atom stereocenters. The van der Waals surface area contributed by atoms with Gasteiger partial charge in [0.1, 0.15) is 5.75 Å². The summed E-state index contributed by atoms with van der Waals surface area (Å²) in [7, 11) is 3.15. The Balaban J connectivity index is 1.87. The maximum absolute atomic E-state index is 12.9. The number of fused-ring (bicyclic) bond motifs is 1. The Bertz CT molecular complexity index is 1050. The van der Waals surface area contributed by atoms with Crippen LogP contribution >= 0.6 is 0 Å². The van der Waals surface area contributed by atoms with E-state index >= 15 is 0 Å². The van der Waals surface area contributed by atoms with Crippen molar-refractivity contribution in [2.75, 3.05) is 32.7 Å². The fraction of sp³-hybridized carbons (Fsp3) is 0.227. The summed E-state index contributed by atoms with van der Waals surface area (Å²) in [5.41, 5.74) is 2.61. The molecule has 3 aromatic rings. The van der Waals surface area contributed by atoms with Crippen molar-refractivity contribution >= 4 is 28.4 Å². The lowest BCUT2D eigenvalue weighted by Gasteiger charge is -2.13. The van der Waals surface area contributed by atoms with Crippen LogP contribution in [0.15, 0.2) is 48.5 Å². The Labute approximate surface area is 169 Å². The van der Waals surface area contributed by atoms with Crippen LogP contribution in [0, 0.1) is 6.92 Å². The molecule has 2 aromatic carbocycles. The van der Waals surface area contributed by atoms with Crippen molar-refractivity contribution in [2.24, 2.45) is 0 Å². The van der Waals surface area contributed by atoms with E-state index in [0.29, 0.717) is 41.4 Å². The van der Waals surface area contributed by atoms with E-state index in [-0.39, 0.29) is 11.8 Å². The third-order valence-electron chi connectivity index (χ3n) is 4.47. The lowest BCUT2D eigenvalue weighted by atomic mass is 10.1. The van der Waals surface area contributed by atoms with Gasteiger partial charge in [-0.1, -0.05) is 12.1 Å². The number of nitrogens with zero attached hydrogens (tertiary/aromatic N) is 1. The van der Waals surface area contributed by atoms with Gasteiger partial charge < -0.3 is 20.1 Å². The fourth-order valence-electron chi connectivity index (χ4n) is 2.95. The van der Waals surface area contributed by atoms with Crippen molar-refractivity contribution in [3.8, 4) is 5.75 Å². The molecule has 0 atom stereocenters. The number of methoxy groups -OCH3 is 2. The van der Waals surface area contributed by atoms with Crippen molar-refractivity contribution < 1.29 is 19.1 Å². The van der Waals surface area contributed by atoms with Crippen LogP contribution in [0.5, 0.6) is 5.75 Å². The average Bonchev–Trinajstić information content (AvgIpc) is 2.73. The number of pyridine rings is 1. The van der Waals surface area contributed by atoms with E-state index < -0.39 is 0 Å². The predicted molar refractivity (Wildman–Crippen MR) is 112 cm³/mol. The van der Waals surface area contributed by atoms with Gasteiger partial charge in [0.15, 0.2) is 0 Å². The van der Waals surface area contributed by atoms with Crippen LogP contribution in [-0.2, 0) is 4.74 Å². The average molecular weight is 393 g/mol. The zero-order chi connectivity index (χ0) is 20.8. The Morgan fingerprint density at radius 1 is 1.00 bits per heavy atom. The van der Waals surface area contributed by atoms with Gasteiger partial charge in [-0.15, -0.1) is 0 Å². The van der Waals surface area contributed by atoms with E-state index in [9.17, 15) is 9.59 Å². The molecule has 150 valence electrons. The highest BCUT2D eigenvalue weighted by Gasteiger charge is 2.16. The van der Waals surface area contributed by atoms with Crippen LogP contribution in [0.1, 0.15) is 26.4 Å². The first-order valence-corrected chi connectivity index (χ1v) is 9.16. The molecular formula is C22H23N3O4. The molecule has 0 saturated heterocycles. The molecule has 7 heteroatoms. The van der Waals surface area contributed by atoms with E-state index in [1.54, 1.807) is 51.5 Å². The maximum atomic E-state index is 12.9. The van der Waals surface area contributed by atoms with Crippen LogP contribution in [0.4, 0.5) is 5.69 Å². The molecule has 0 aliphatic carbocycles. The second-order valence-electron chi connectivity index (χ2n) is 6.43. The maximum Gasteiger partial charge on any atom is 0.257 e. The topological polar surface area (TPSA) is 89.6 Å². The molecule has 0 spiro atoms. The number of carbonyl (C=O) groups is 2. The fourth-order valence-corrected chi connectivity index (χ4v) is 2.95. The second kappa shape index (κ2) is 9.16. The molecular weight excluding hydrogens is 370 g/mol. The Morgan fingerprint density at radius 3 is 2.55 bits per heavy atom. The van der Waals surface area contributed by atoms with Gasteiger partial charge in [-0.3, -0.25) is 14.6 Å². The predicted octanol–water partition coefficient (Wildman–Crippen LogP) is 3.18. The summed E-state index contributed by atoms with van der Waals surface area (Å²) in [6, 6.07) is 14.1. The highest BCUT2D eigenvalue weighted by Crippen LogP contribution is 2.23. The lowest BCUT2D eigenvalue weighted by molar-refractivity contribution is 0.0938. The number of benzene rings is 2. The first-order valence-electron chi connectivity index (χ1n) is 9.16. The zero-order valence-corrected chi connectivity index (χ0v) is 16.6. The van der Waals surface area contributed by atoms with E-state index in [1.165, 1.54) is 0 Å². The molecule has 2 amide bonds. The van der Waals surface area contributed by atoms with Gasteiger partial charge in [-0.05, 0) is 43.3 Å². The number of aromatic nitrogens is 1. The molecule has 7 nitrogen and oxygen atoms in total. The van der Waals surface area contributed by atoms with Crippen LogP contribution in [0.2, 0.25) is 0 Å². The minimum Gasteiger partial charge on any atom is -0.497 e. The number of hydrogen-bond acceptors (Lipinski definition) is 5. The molecule has 0 aliphatic heterocycles. The highest BCUT2D eigenvalue weighted by atomic mass is 16.5. The van der Waals surface area contributed by atoms with Crippen LogP contribution in [-0.4, -0.2) is 44.2 Å². The molecule has 1 heterocycles. The van der Waals surface area contributed by atoms with Crippen molar-refractivity contribution in [2.45, 2.75) is 6.92 Å². The standard InChI is InChI=1S/C22H23N3O4/c1-14-18(13-15-12-16(29-3)8-9-19(15)24-14)22(27)25-20-7-5-4-6-17(20)21(26)23-10-11-28-2/h4-9,12-13H,10-11H2,1-3H3,(H,23,26)(H,25,27). The molecule has 1 aromatic heterocycles. The van der Waals surface area contributed by atoms with Gasteiger partial charge in [0.2, 0.25) is 0 Å². The minimum absolute atomic E-state index is 0.281. The summed E-state index contributed by atoms with van der Waals surface area (Å²) in [6.07, 6.45) is 0. The first-order chi connectivity index (χ1) is 14.0. The molecule has 0 radical (unpaired) electrons. The molecule has 2 N–H and O–H groups in total. The molecule has 3 rings (SSSR count). The minimum atomic E-state index is -0.336. The number of carbonyl (C=O) groups excluding carboxylic acids is 2. The molecule has 0 fully saturated rings. The molecule has 29 heavy (non-hydrogen) atoms. The van der Waals surface area contributed by atoms with Gasteiger partial charge in [0, 0.05) is 19.0 Å². The summed E-state index contributed by atoms with van der Waals surface area (Å²) < 4.78 is 10.2. The molecule has 0 aliphatic rings. The third-order valence-corrected chi connectivity index (χ3v) is 4.47. The summed E-state index contributed by atoms with van der Waals surface area (Å²) in [6.45, 7) is 2.57. The summed E-state index contributed by atoms with van der Waals surface area (Å²) >= 11 is 0. The molecule has 0 bridgehead atoms. The van der Waals surface area contributed by atoms with Crippen molar-refractivity contribution in [3.63, 3.8) is 0 Å². The summed E-state index contributed by atoms with van der Waals surface area (Å²) in [5.74, 6) is 0.0699. The van der Waals surface area contributed by atoms with Crippen LogP contribution in [0.3, 0.4) is 0 Å². The van der Waals surface area contributed by atoms with E-state index in [1.807, 2.05) is 18.2 Å². The normalized spacial score (nSPS) is 10.6. The number of anilines is 1. The highest BCUT2D eigenvalue weighted by molar-refractivity contribution is 6.10. The largest absolute Gasteiger partial charge is 0.497 e. The van der Waals surface area contributed by atoms with Crippen molar-refractivity contribution in [1.29, 1.82) is 0 Å². The number of ether oxygens (including phenoxy) is 2. The van der Waals surface area contributed by atoms with E-state index in [0.717, 1.165) is 10.9 Å². The number of nitrogens with one attached hydrogen (secondary N) is 2. The van der Waals surface area contributed by atoms with Crippen LogP contribution in [0.25, 0.3) is 10.9 Å². The summed E-state index contributed by atoms with van der Waals surface area (Å²) in [4.78, 5) is 29.9. The number of aryl methyl sites for hydroxylation is 1. The van der Waals surface area contributed by atoms with Crippen LogP contribution < -0.4 is 15.4 Å². The Morgan fingerprint density at radius 2 is 1.79 bits per heavy atom. The van der Waals surface area contributed by atoms with E-state index in [4.69, 9.17) is 9.47 Å². The third kappa shape index (κ3) is 4.70. The van der Waals surface area contributed by atoms with Gasteiger partial charge in [0.25, 0.3) is 11.8 Å². The monoisotopic (exact) mass is 393 g/mol. The first kappa shape index (κ1) is 20.3. The van der Waals surface area contributed by atoms with Gasteiger partial charge in [-0.2, -0.15) is 0 Å². The van der Waals surface area contributed by atoms with Crippen molar-refractivity contribution in [1.82, 2.24) is 10.3 Å². The zero-order valence-electron chi connectivity index (χ0n) is 16.6. The Hall–Kier alpha value is -3.45. The number of amides is 2. The lowest BCUT2D eigenvalue weighted by Crippen LogP contribution is -2.28. The number of hydrogen-bond donors (Lipinski definition) is 2. The summed E-state index contributed by atoms with van der Waals surface area (Å²) in [5, 5.41) is 6.39. The van der Waals surface area contributed by atoms with E-state index in [2.05, 4.69) is 15.6 Å². The SMILES string of the molecule is COCCNC(=O)c1ccccc1NC(=O)c1cc2cc(OC)ccc2nc1C. The van der Waals surface area contributed by atoms with Gasteiger partial charge >= 0.3 is 0 Å². The van der Waals surface area contributed by atoms with Gasteiger partial charge in [0.05, 0.1) is 41.7 Å². The second-order valence-corrected chi connectivity index (χ2v) is 6.43.